The summed E-state index contributed by atoms with van der Waals surface area (Å²) in [5.41, 5.74) is 2.50. The average molecular weight is 270 g/mol. The molecule has 2 rings (SSSR count). The van der Waals surface area contributed by atoms with Crippen molar-refractivity contribution in [1.29, 1.82) is 0 Å². The molecule has 3 heteroatoms. The largest absolute Gasteiger partial charge is 0.493 e. The van der Waals surface area contributed by atoms with Crippen LogP contribution in [0.25, 0.3) is 0 Å². The van der Waals surface area contributed by atoms with Crippen LogP contribution in [-0.2, 0) is 0 Å². The van der Waals surface area contributed by atoms with Crippen molar-refractivity contribution in [1.82, 2.24) is 0 Å². The molecular weight excluding hydrogens is 252 g/mol. The van der Waals surface area contributed by atoms with Crippen molar-refractivity contribution in [3.63, 3.8) is 0 Å². The number of ether oxygens (including phenoxy) is 2. The third-order valence-electron chi connectivity index (χ3n) is 3.16. The van der Waals surface area contributed by atoms with Gasteiger partial charge in [0.15, 0.2) is 0 Å². The summed E-state index contributed by atoms with van der Waals surface area (Å²) >= 11 is 0. The number of benzene rings is 2. The predicted molar refractivity (Wildman–Crippen MR) is 78.5 cm³/mol. The van der Waals surface area contributed by atoms with Crippen LogP contribution in [0, 0.1) is 13.8 Å². The lowest BCUT2D eigenvalue weighted by molar-refractivity contribution is 0.0729. The Morgan fingerprint density at radius 1 is 1.00 bits per heavy atom. The van der Waals surface area contributed by atoms with Gasteiger partial charge >= 0.3 is 5.97 Å². The number of rotatable bonds is 4. The third-order valence-corrected chi connectivity index (χ3v) is 3.16. The van der Waals surface area contributed by atoms with Gasteiger partial charge in [0.05, 0.1) is 6.61 Å². The van der Waals surface area contributed by atoms with Gasteiger partial charge in [0.2, 0.25) is 0 Å². The summed E-state index contributed by atoms with van der Waals surface area (Å²) in [5, 5.41) is 0. The molecule has 0 aliphatic rings. The van der Waals surface area contributed by atoms with E-state index >= 15 is 0 Å². The van der Waals surface area contributed by atoms with Gasteiger partial charge in [-0.3, -0.25) is 0 Å². The van der Waals surface area contributed by atoms with E-state index in [1.165, 1.54) is 0 Å². The second kappa shape index (κ2) is 6.24. The van der Waals surface area contributed by atoms with Gasteiger partial charge in [-0.1, -0.05) is 24.3 Å². The highest BCUT2D eigenvalue weighted by atomic mass is 16.5. The maximum atomic E-state index is 12.3. The fourth-order valence-corrected chi connectivity index (χ4v) is 1.91. The lowest BCUT2D eigenvalue weighted by Crippen LogP contribution is -2.11. The van der Waals surface area contributed by atoms with E-state index in [0.717, 1.165) is 11.1 Å². The number of aryl methyl sites for hydroxylation is 1. The van der Waals surface area contributed by atoms with E-state index in [9.17, 15) is 4.79 Å². The topological polar surface area (TPSA) is 35.5 Å². The Hall–Kier alpha value is -2.29. The molecule has 0 saturated heterocycles. The highest BCUT2D eigenvalue weighted by Crippen LogP contribution is 2.24. The summed E-state index contributed by atoms with van der Waals surface area (Å²) in [7, 11) is 0. The molecule has 0 radical (unpaired) electrons. The zero-order valence-corrected chi connectivity index (χ0v) is 12.0. The van der Waals surface area contributed by atoms with Crippen LogP contribution in [0.3, 0.4) is 0 Å². The van der Waals surface area contributed by atoms with Crippen molar-refractivity contribution in [2.45, 2.75) is 20.8 Å². The minimum Gasteiger partial charge on any atom is -0.493 e. The SMILES string of the molecule is CCOc1ccccc1C(=O)Oc1cccc(C)c1C. The molecule has 104 valence electrons. The van der Waals surface area contributed by atoms with E-state index in [0.29, 0.717) is 23.7 Å². The average Bonchev–Trinajstić information content (AvgIpc) is 2.45. The smallest absolute Gasteiger partial charge is 0.347 e. The Kier molecular flexibility index (Phi) is 4.41. The Bertz CT molecular complexity index is 617. The van der Waals surface area contributed by atoms with Crippen LogP contribution in [-0.4, -0.2) is 12.6 Å². The molecule has 2 aromatic rings. The zero-order valence-electron chi connectivity index (χ0n) is 12.0. The summed E-state index contributed by atoms with van der Waals surface area (Å²) in [6.07, 6.45) is 0. The molecule has 0 fully saturated rings. The first-order valence-electron chi connectivity index (χ1n) is 6.63. The summed E-state index contributed by atoms with van der Waals surface area (Å²) in [4.78, 5) is 12.3. The summed E-state index contributed by atoms with van der Waals surface area (Å²) in [6, 6.07) is 12.8. The van der Waals surface area contributed by atoms with Crippen LogP contribution in [0.5, 0.6) is 11.5 Å². The number of para-hydroxylation sites is 1. The summed E-state index contributed by atoms with van der Waals surface area (Å²) in [5.74, 6) is 0.731. The molecule has 0 aromatic heterocycles. The molecule has 0 unspecified atom stereocenters. The Labute approximate surface area is 119 Å². The van der Waals surface area contributed by atoms with E-state index in [4.69, 9.17) is 9.47 Å². The van der Waals surface area contributed by atoms with E-state index in [1.807, 2.05) is 39.0 Å². The molecule has 0 N–H and O–H groups in total. The number of carbonyl (C=O) groups excluding carboxylic acids is 1. The molecule has 0 spiro atoms. The van der Waals surface area contributed by atoms with Crippen LogP contribution in [0.1, 0.15) is 28.4 Å². The standard InChI is InChI=1S/C17H18O3/c1-4-19-16-10-6-5-9-14(16)17(18)20-15-11-7-8-12(2)13(15)3/h5-11H,4H2,1-3H3. The maximum absolute atomic E-state index is 12.3. The van der Waals surface area contributed by atoms with Crippen LogP contribution < -0.4 is 9.47 Å². The lowest BCUT2D eigenvalue weighted by atomic mass is 10.1. The molecule has 0 heterocycles. The van der Waals surface area contributed by atoms with Crippen LogP contribution >= 0.6 is 0 Å². The third kappa shape index (κ3) is 2.99. The number of hydrogen-bond acceptors (Lipinski definition) is 3. The van der Waals surface area contributed by atoms with E-state index in [-0.39, 0.29) is 0 Å². The van der Waals surface area contributed by atoms with Crippen LogP contribution in [0.15, 0.2) is 42.5 Å². The minimum atomic E-state index is -0.400. The first-order chi connectivity index (χ1) is 9.63. The van der Waals surface area contributed by atoms with Crippen LogP contribution in [0.2, 0.25) is 0 Å². The van der Waals surface area contributed by atoms with Crippen molar-refractivity contribution < 1.29 is 14.3 Å². The molecule has 0 amide bonds. The molecule has 3 nitrogen and oxygen atoms in total. The zero-order chi connectivity index (χ0) is 14.5. The fraction of sp³-hybridized carbons (Fsp3) is 0.235. The van der Waals surface area contributed by atoms with Crippen molar-refractivity contribution in [3.8, 4) is 11.5 Å². The second-order valence-corrected chi connectivity index (χ2v) is 4.52. The highest BCUT2D eigenvalue weighted by Gasteiger charge is 2.15. The van der Waals surface area contributed by atoms with E-state index < -0.39 is 5.97 Å². The Morgan fingerprint density at radius 3 is 2.45 bits per heavy atom. The van der Waals surface area contributed by atoms with Crippen molar-refractivity contribution in [2.24, 2.45) is 0 Å². The predicted octanol–water partition coefficient (Wildman–Crippen LogP) is 3.92. The van der Waals surface area contributed by atoms with Crippen molar-refractivity contribution in [2.75, 3.05) is 6.61 Å². The molecule has 0 aliphatic heterocycles. The first kappa shape index (κ1) is 14.1. The molecule has 20 heavy (non-hydrogen) atoms. The monoisotopic (exact) mass is 270 g/mol. The van der Waals surface area contributed by atoms with Gasteiger partial charge < -0.3 is 9.47 Å². The van der Waals surface area contributed by atoms with Gasteiger partial charge in [0.25, 0.3) is 0 Å². The fourth-order valence-electron chi connectivity index (χ4n) is 1.91. The minimum absolute atomic E-state index is 0.400. The molecule has 0 atom stereocenters. The maximum Gasteiger partial charge on any atom is 0.347 e. The van der Waals surface area contributed by atoms with Crippen LogP contribution in [0.4, 0.5) is 0 Å². The van der Waals surface area contributed by atoms with E-state index in [2.05, 4.69) is 0 Å². The Morgan fingerprint density at radius 2 is 1.70 bits per heavy atom. The van der Waals surface area contributed by atoms with E-state index in [1.54, 1.807) is 24.3 Å². The molecule has 0 saturated carbocycles. The molecule has 0 bridgehead atoms. The number of carbonyl (C=O) groups is 1. The van der Waals surface area contributed by atoms with Gasteiger partial charge in [-0.05, 0) is 50.1 Å². The molecule has 2 aromatic carbocycles. The highest BCUT2D eigenvalue weighted by molar-refractivity contribution is 5.94. The Balaban J connectivity index is 2.26. The number of hydrogen-bond donors (Lipinski definition) is 0. The quantitative estimate of drug-likeness (QED) is 0.624. The first-order valence-corrected chi connectivity index (χ1v) is 6.63. The second-order valence-electron chi connectivity index (χ2n) is 4.52. The van der Waals surface area contributed by atoms with Crippen molar-refractivity contribution >= 4 is 5.97 Å². The molecule has 0 aliphatic carbocycles. The van der Waals surface area contributed by atoms with Gasteiger partial charge in [0, 0.05) is 0 Å². The molecular formula is C17H18O3. The summed E-state index contributed by atoms with van der Waals surface area (Å²) < 4.78 is 10.9. The van der Waals surface area contributed by atoms with Gasteiger partial charge in [-0.2, -0.15) is 0 Å². The van der Waals surface area contributed by atoms with Gasteiger partial charge in [-0.15, -0.1) is 0 Å². The lowest BCUT2D eigenvalue weighted by Gasteiger charge is -2.11. The number of esters is 1. The van der Waals surface area contributed by atoms with Gasteiger partial charge in [-0.25, -0.2) is 4.79 Å². The van der Waals surface area contributed by atoms with Gasteiger partial charge in [0.1, 0.15) is 17.1 Å². The van der Waals surface area contributed by atoms with Crippen molar-refractivity contribution in [3.05, 3.63) is 59.2 Å². The normalized spacial score (nSPS) is 10.2. The summed E-state index contributed by atoms with van der Waals surface area (Å²) in [6.45, 7) is 6.31.